The molecule has 3 aromatic carbocycles. The Morgan fingerprint density at radius 2 is 1.69 bits per heavy atom. The molecule has 3 aliphatic rings. The first-order valence-electron chi connectivity index (χ1n) is 13.0. The van der Waals surface area contributed by atoms with Crippen molar-refractivity contribution in [2.45, 2.75) is 49.8 Å². The molecule has 3 aliphatic heterocycles. The number of hydrogen-bond acceptors (Lipinski definition) is 5. The van der Waals surface area contributed by atoms with Crippen molar-refractivity contribution in [3.63, 3.8) is 0 Å². The zero-order valence-corrected chi connectivity index (χ0v) is 21.5. The fraction of sp³-hybridized carbons (Fsp3) is 0.367. The lowest BCUT2D eigenvalue weighted by molar-refractivity contribution is -0.274. The Morgan fingerprint density at radius 3 is 2.26 bits per heavy atom. The van der Waals surface area contributed by atoms with Crippen molar-refractivity contribution in [2.24, 2.45) is 5.92 Å². The molecule has 39 heavy (non-hydrogen) atoms. The number of nitrogens with zero attached hydrogens (tertiary/aromatic N) is 1. The second kappa shape index (κ2) is 11.3. The summed E-state index contributed by atoms with van der Waals surface area (Å²) in [5.74, 6) is -0.737. The molecular formula is C30H31F3N2O4. The van der Waals surface area contributed by atoms with Gasteiger partial charge in [-0.2, -0.15) is 0 Å². The van der Waals surface area contributed by atoms with Crippen LogP contribution in [0.2, 0.25) is 0 Å². The largest absolute Gasteiger partial charge is 0.573 e. The van der Waals surface area contributed by atoms with Crippen molar-refractivity contribution in [3.8, 4) is 11.5 Å². The van der Waals surface area contributed by atoms with Crippen LogP contribution >= 0.6 is 0 Å². The summed E-state index contributed by atoms with van der Waals surface area (Å²) in [6.07, 6.45) is -3.46. The van der Waals surface area contributed by atoms with Crippen LogP contribution in [0.25, 0.3) is 0 Å². The Bertz CT molecular complexity index is 1230. The van der Waals surface area contributed by atoms with Crippen LogP contribution in [0.5, 0.6) is 11.5 Å². The van der Waals surface area contributed by atoms with Crippen LogP contribution in [0, 0.1) is 5.92 Å². The lowest BCUT2D eigenvalue weighted by atomic mass is 9.68. The Labute approximate surface area is 225 Å². The van der Waals surface area contributed by atoms with Crippen LogP contribution in [0.3, 0.4) is 0 Å². The van der Waals surface area contributed by atoms with Gasteiger partial charge in [0.15, 0.2) is 0 Å². The Balaban J connectivity index is 1.52. The third-order valence-electron chi connectivity index (χ3n) is 7.90. The summed E-state index contributed by atoms with van der Waals surface area (Å²) >= 11 is 0. The zero-order valence-electron chi connectivity index (χ0n) is 21.5. The van der Waals surface area contributed by atoms with Gasteiger partial charge in [0.2, 0.25) is 0 Å². The lowest BCUT2D eigenvalue weighted by Crippen LogP contribution is -2.69. The molecule has 2 bridgehead atoms. The van der Waals surface area contributed by atoms with Crippen LogP contribution in [0.4, 0.5) is 13.2 Å². The fourth-order valence-electron chi connectivity index (χ4n) is 6.33. The van der Waals surface area contributed by atoms with Gasteiger partial charge in [-0.25, -0.2) is 0 Å². The summed E-state index contributed by atoms with van der Waals surface area (Å²) in [5, 5.41) is 13.7. The van der Waals surface area contributed by atoms with Gasteiger partial charge in [-0.1, -0.05) is 60.7 Å². The van der Waals surface area contributed by atoms with Gasteiger partial charge in [-0.05, 0) is 54.6 Å². The molecule has 2 N–H and O–H groups in total. The van der Waals surface area contributed by atoms with Gasteiger partial charge in [0, 0.05) is 30.1 Å². The van der Waals surface area contributed by atoms with Gasteiger partial charge in [0.05, 0.1) is 7.11 Å². The van der Waals surface area contributed by atoms with Gasteiger partial charge in [-0.15, -0.1) is 13.2 Å². The molecule has 0 aliphatic carbocycles. The number of aliphatic carboxylic acids is 1. The average Bonchev–Trinajstić information content (AvgIpc) is 2.93. The first-order valence-corrected chi connectivity index (χ1v) is 13.0. The summed E-state index contributed by atoms with van der Waals surface area (Å²) in [7, 11) is 1.47. The molecule has 6 nitrogen and oxygen atoms in total. The molecule has 1 unspecified atom stereocenters. The molecule has 3 saturated heterocycles. The van der Waals surface area contributed by atoms with E-state index in [1.54, 1.807) is 0 Å². The third kappa shape index (κ3) is 5.89. The molecule has 6 rings (SSSR count). The van der Waals surface area contributed by atoms with E-state index in [1.165, 1.54) is 25.3 Å². The van der Waals surface area contributed by atoms with Crippen LogP contribution in [0.1, 0.15) is 35.4 Å². The summed E-state index contributed by atoms with van der Waals surface area (Å²) in [4.78, 5) is 14.4. The second-order valence-corrected chi connectivity index (χ2v) is 10.1. The normalized spacial score (nSPS) is 24.5. The Hall–Kier alpha value is -3.56. The van der Waals surface area contributed by atoms with Crippen molar-refractivity contribution in [1.29, 1.82) is 0 Å². The van der Waals surface area contributed by atoms with Crippen molar-refractivity contribution < 1.29 is 32.5 Å². The minimum absolute atomic E-state index is 0.0802. The van der Waals surface area contributed by atoms with E-state index in [9.17, 15) is 23.1 Å². The highest BCUT2D eigenvalue weighted by Crippen LogP contribution is 2.45. The number of benzene rings is 3. The number of carboxylic acid groups (broad SMARTS) is 1. The molecule has 0 spiro atoms. The number of methoxy groups -OCH3 is 1. The first-order chi connectivity index (χ1) is 18.7. The summed E-state index contributed by atoms with van der Waals surface area (Å²) in [6, 6.07) is 23.2. The highest BCUT2D eigenvalue weighted by Gasteiger charge is 2.52. The monoisotopic (exact) mass is 540 g/mol. The molecule has 3 heterocycles. The number of fused-ring (bicyclic) bond motifs is 3. The van der Waals surface area contributed by atoms with Crippen LogP contribution < -0.4 is 14.8 Å². The highest BCUT2D eigenvalue weighted by atomic mass is 19.4. The van der Waals surface area contributed by atoms with E-state index in [2.05, 4.69) is 39.2 Å². The molecule has 0 radical (unpaired) electrons. The van der Waals surface area contributed by atoms with Crippen molar-refractivity contribution in [1.82, 2.24) is 10.2 Å². The predicted octanol–water partition coefficient (Wildman–Crippen LogP) is 5.43. The molecule has 3 aromatic rings. The lowest BCUT2D eigenvalue weighted by Gasteiger charge is -2.56. The van der Waals surface area contributed by atoms with Crippen LogP contribution in [-0.2, 0) is 11.3 Å². The number of carbonyl (C=O) groups is 1. The number of rotatable bonds is 9. The van der Waals surface area contributed by atoms with E-state index in [-0.39, 0.29) is 36.2 Å². The zero-order chi connectivity index (χ0) is 27.6. The smallest absolute Gasteiger partial charge is 0.496 e. The molecule has 5 atom stereocenters. The van der Waals surface area contributed by atoms with Gasteiger partial charge in [0.1, 0.15) is 17.5 Å². The molecule has 0 amide bonds. The highest BCUT2D eigenvalue weighted by molar-refractivity contribution is 5.74. The quantitative estimate of drug-likeness (QED) is 0.377. The maximum atomic E-state index is 12.9. The summed E-state index contributed by atoms with van der Waals surface area (Å²) in [6.45, 7) is 0.899. The number of piperidine rings is 3. The average molecular weight is 541 g/mol. The molecule has 206 valence electrons. The van der Waals surface area contributed by atoms with E-state index in [4.69, 9.17) is 4.74 Å². The van der Waals surface area contributed by atoms with Crippen molar-refractivity contribution in [3.05, 3.63) is 95.6 Å². The molecule has 3 fully saturated rings. The summed E-state index contributed by atoms with van der Waals surface area (Å²) < 4.78 is 48.2. The number of alkyl halides is 3. The Kier molecular flexibility index (Phi) is 7.81. The molecular weight excluding hydrogens is 509 g/mol. The minimum Gasteiger partial charge on any atom is -0.496 e. The second-order valence-electron chi connectivity index (χ2n) is 10.1. The van der Waals surface area contributed by atoms with E-state index < -0.39 is 18.4 Å². The van der Waals surface area contributed by atoms with Gasteiger partial charge >= 0.3 is 12.3 Å². The van der Waals surface area contributed by atoms with Crippen molar-refractivity contribution in [2.75, 3.05) is 13.7 Å². The van der Waals surface area contributed by atoms with Gasteiger partial charge < -0.3 is 19.9 Å². The standard InChI is InChI=1S/C30H31F3N2O4/c1-38-25-13-12-23(39-30(31,32)33)16-22(25)18-34-27-21-14-15-35(24(17-21)29(36)37)28(27)26(19-8-4-2-5-9-19)20-10-6-3-7-11-20/h2-13,16,21,24,26-28,34H,14-15,17-18H2,1H3,(H,36,37)/t21-,24-,27-,28+/m0/s1. The maximum absolute atomic E-state index is 12.9. The number of nitrogens with one attached hydrogen (secondary N) is 1. The van der Waals surface area contributed by atoms with Crippen LogP contribution in [0.15, 0.2) is 78.9 Å². The van der Waals surface area contributed by atoms with E-state index >= 15 is 0 Å². The molecule has 0 saturated carbocycles. The number of halogens is 3. The Morgan fingerprint density at radius 1 is 1.05 bits per heavy atom. The molecule has 9 heteroatoms. The summed E-state index contributed by atoms with van der Waals surface area (Å²) in [5.41, 5.74) is 2.69. The predicted molar refractivity (Wildman–Crippen MR) is 140 cm³/mol. The fourth-order valence-corrected chi connectivity index (χ4v) is 6.33. The third-order valence-corrected chi connectivity index (χ3v) is 7.90. The van der Waals surface area contributed by atoms with E-state index in [1.807, 2.05) is 36.4 Å². The SMILES string of the molecule is COc1ccc(OC(F)(F)F)cc1CN[C@H]1[C@H]2CCN([C@@H]1C(c1ccccc1)c1ccccc1)[C@H](C(=O)O)C2. The number of hydrogen-bond donors (Lipinski definition) is 2. The van der Waals surface area contributed by atoms with E-state index in [0.29, 0.717) is 24.3 Å². The van der Waals surface area contributed by atoms with E-state index in [0.717, 1.165) is 17.5 Å². The molecule has 0 aromatic heterocycles. The minimum atomic E-state index is -4.80. The van der Waals surface area contributed by atoms with Gasteiger partial charge in [-0.3, -0.25) is 9.69 Å². The number of carboxylic acids is 1. The maximum Gasteiger partial charge on any atom is 0.573 e. The van der Waals surface area contributed by atoms with Crippen molar-refractivity contribution >= 4 is 5.97 Å². The van der Waals surface area contributed by atoms with Gasteiger partial charge in [0.25, 0.3) is 0 Å². The first kappa shape index (κ1) is 27.0. The number of ether oxygens (including phenoxy) is 2. The topological polar surface area (TPSA) is 71.0 Å². The van der Waals surface area contributed by atoms with Crippen LogP contribution in [-0.4, -0.2) is 54.1 Å².